The highest BCUT2D eigenvalue weighted by Crippen LogP contribution is 2.69. The molecule has 4 aliphatic carbocycles. The fourth-order valence-corrected chi connectivity index (χ4v) is 13.2. The normalized spacial score (nSPS) is 46.7. The predicted molar refractivity (Wildman–Crippen MR) is 166 cm³/mol. The minimum atomic E-state index is -3.88. The molecule has 1 aliphatic heterocycles. The standard InChI is InChI=1S/C33H59N3O5S/c1-7-24-28-19-23(37)13-16-33(28,6)27-14-17-32(5)25(11-12-26(32)29(27)30(24)38)20(2)15-18-34-31(39)35-42(40,41)36-21(3)9-8-10-22(36)4/h20-30,37-38H,7-19H2,1-6H3,(H2,34,35,39)/t20-,21-,22+,23-,24-,25-,26+,27+,28?,29+,30-,32-,33-/m1/s1. The number of carbonyl (C=O) groups excluding carboxylic acids is 1. The zero-order valence-corrected chi connectivity index (χ0v) is 27.8. The lowest BCUT2D eigenvalue weighted by atomic mass is 9.41. The molecule has 42 heavy (non-hydrogen) atoms. The second kappa shape index (κ2) is 12.1. The Bertz CT molecular complexity index is 1080. The first-order chi connectivity index (χ1) is 19.7. The van der Waals surface area contributed by atoms with Crippen molar-refractivity contribution in [2.75, 3.05) is 6.54 Å². The monoisotopic (exact) mass is 609 g/mol. The third kappa shape index (κ3) is 5.55. The first kappa shape index (κ1) is 32.5. The average molecular weight is 610 g/mol. The molecule has 2 amide bonds. The van der Waals surface area contributed by atoms with Crippen LogP contribution in [-0.4, -0.2) is 59.8 Å². The minimum absolute atomic E-state index is 0.112. The maximum Gasteiger partial charge on any atom is 0.329 e. The average Bonchev–Trinajstić information content (AvgIpc) is 3.26. The Kier molecular flexibility index (Phi) is 9.38. The van der Waals surface area contributed by atoms with E-state index in [9.17, 15) is 23.4 Å². The van der Waals surface area contributed by atoms with Crippen LogP contribution in [0.1, 0.15) is 119 Å². The number of carbonyl (C=O) groups is 1. The quantitative estimate of drug-likeness (QED) is 0.306. The second-order valence-corrected chi connectivity index (χ2v) is 17.3. The zero-order chi connectivity index (χ0) is 30.6. The number of fused-ring (bicyclic) bond motifs is 5. The maximum atomic E-state index is 13.0. The summed E-state index contributed by atoms with van der Waals surface area (Å²) in [6.07, 6.45) is 11.3. The van der Waals surface area contributed by atoms with Gasteiger partial charge in [-0.1, -0.05) is 40.5 Å². The van der Waals surface area contributed by atoms with Crippen molar-refractivity contribution in [3.8, 4) is 0 Å². The van der Waals surface area contributed by atoms with Gasteiger partial charge in [0.05, 0.1) is 12.2 Å². The first-order valence-corrected chi connectivity index (χ1v) is 18.6. The van der Waals surface area contributed by atoms with Crippen LogP contribution in [0.4, 0.5) is 4.79 Å². The highest BCUT2D eigenvalue weighted by atomic mass is 32.2. The lowest BCUT2D eigenvalue weighted by molar-refractivity contribution is -0.203. The lowest BCUT2D eigenvalue weighted by Gasteiger charge is -2.64. The van der Waals surface area contributed by atoms with Gasteiger partial charge in [-0.05, 0) is 130 Å². The Morgan fingerprint density at radius 3 is 2.26 bits per heavy atom. The molecule has 242 valence electrons. The molecule has 5 aliphatic rings. The van der Waals surface area contributed by atoms with Gasteiger partial charge in [0, 0.05) is 18.6 Å². The van der Waals surface area contributed by atoms with Crippen molar-refractivity contribution in [1.82, 2.24) is 14.3 Å². The van der Waals surface area contributed by atoms with Crippen molar-refractivity contribution in [2.45, 2.75) is 143 Å². The molecule has 1 heterocycles. The second-order valence-electron chi connectivity index (χ2n) is 15.7. The van der Waals surface area contributed by atoms with Gasteiger partial charge in [-0.3, -0.25) is 0 Å². The van der Waals surface area contributed by atoms with E-state index in [1.54, 1.807) is 0 Å². The molecule has 9 heteroatoms. The summed E-state index contributed by atoms with van der Waals surface area (Å²) < 4.78 is 29.6. The van der Waals surface area contributed by atoms with Gasteiger partial charge < -0.3 is 15.5 Å². The number of urea groups is 1. The summed E-state index contributed by atoms with van der Waals surface area (Å²) in [5.74, 6) is 2.95. The van der Waals surface area contributed by atoms with E-state index in [1.165, 1.54) is 10.7 Å². The molecule has 0 spiro atoms. The molecular formula is C33H59N3O5S. The van der Waals surface area contributed by atoms with E-state index in [1.807, 2.05) is 13.8 Å². The Balaban J connectivity index is 1.20. The number of piperidine rings is 1. The summed E-state index contributed by atoms with van der Waals surface area (Å²) in [6.45, 7) is 13.7. The Morgan fingerprint density at radius 1 is 0.952 bits per heavy atom. The molecule has 13 atom stereocenters. The Morgan fingerprint density at radius 2 is 1.60 bits per heavy atom. The number of rotatable bonds is 7. The van der Waals surface area contributed by atoms with Gasteiger partial charge in [-0.25, -0.2) is 9.52 Å². The highest BCUT2D eigenvalue weighted by molar-refractivity contribution is 7.87. The molecule has 1 unspecified atom stereocenters. The van der Waals surface area contributed by atoms with Crippen LogP contribution in [0.5, 0.6) is 0 Å². The molecule has 0 aromatic carbocycles. The van der Waals surface area contributed by atoms with E-state index in [4.69, 9.17) is 0 Å². The van der Waals surface area contributed by atoms with Crippen LogP contribution in [0.25, 0.3) is 0 Å². The van der Waals surface area contributed by atoms with E-state index in [0.717, 1.165) is 70.6 Å². The summed E-state index contributed by atoms with van der Waals surface area (Å²) in [5, 5.41) is 25.3. The van der Waals surface area contributed by atoms with Crippen LogP contribution >= 0.6 is 0 Å². The highest BCUT2D eigenvalue weighted by Gasteiger charge is 2.64. The predicted octanol–water partition coefficient (Wildman–Crippen LogP) is 5.45. The molecule has 0 aromatic heterocycles. The van der Waals surface area contributed by atoms with Gasteiger partial charge in [-0.15, -0.1) is 0 Å². The lowest BCUT2D eigenvalue weighted by Crippen LogP contribution is -2.62. The summed E-state index contributed by atoms with van der Waals surface area (Å²) in [7, 11) is -3.88. The van der Waals surface area contributed by atoms with Crippen LogP contribution in [0, 0.1) is 52.3 Å². The fraction of sp³-hybridized carbons (Fsp3) is 0.970. The van der Waals surface area contributed by atoms with E-state index in [2.05, 4.69) is 37.7 Å². The van der Waals surface area contributed by atoms with E-state index >= 15 is 0 Å². The van der Waals surface area contributed by atoms with Gasteiger partial charge in [0.1, 0.15) is 0 Å². The molecule has 0 aromatic rings. The Labute approximate surface area is 255 Å². The van der Waals surface area contributed by atoms with Gasteiger partial charge >= 0.3 is 16.2 Å². The number of amides is 2. The molecule has 0 radical (unpaired) electrons. The van der Waals surface area contributed by atoms with Crippen molar-refractivity contribution in [3.63, 3.8) is 0 Å². The summed E-state index contributed by atoms with van der Waals surface area (Å²) in [5.41, 5.74) is 0.375. The minimum Gasteiger partial charge on any atom is -0.393 e. The number of nitrogens with one attached hydrogen (secondary N) is 2. The number of hydrogen-bond acceptors (Lipinski definition) is 5. The summed E-state index contributed by atoms with van der Waals surface area (Å²) in [4.78, 5) is 12.7. The van der Waals surface area contributed by atoms with Crippen molar-refractivity contribution >= 4 is 16.2 Å². The van der Waals surface area contributed by atoms with Gasteiger partial charge in [-0.2, -0.15) is 12.7 Å². The fourth-order valence-electron chi connectivity index (χ4n) is 11.6. The van der Waals surface area contributed by atoms with Crippen LogP contribution in [0.2, 0.25) is 0 Å². The molecule has 4 saturated carbocycles. The smallest absolute Gasteiger partial charge is 0.329 e. The number of nitrogens with zero attached hydrogens (tertiary/aromatic N) is 1. The number of aliphatic hydroxyl groups is 2. The first-order valence-electron chi connectivity index (χ1n) is 17.2. The van der Waals surface area contributed by atoms with E-state index in [0.29, 0.717) is 42.1 Å². The molecular weight excluding hydrogens is 550 g/mol. The van der Waals surface area contributed by atoms with Crippen molar-refractivity contribution in [1.29, 1.82) is 0 Å². The van der Waals surface area contributed by atoms with Crippen LogP contribution < -0.4 is 10.0 Å². The van der Waals surface area contributed by atoms with Crippen molar-refractivity contribution in [2.24, 2.45) is 52.3 Å². The van der Waals surface area contributed by atoms with E-state index < -0.39 is 16.2 Å². The number of hydrogen-bond donors (Lipinski definition) is 4. The zero-order valence-electron chi connectivity index (χ0n) is 27.0. The third-order valence-corrected chi connectivity index (χ3v) is 15.4. The van der Waals surface area contributed by atoms with Crippen molar-refractivity contribution < 1.29 is 23.4 Å². The molecule has 0 bridgehead atoms. The Hall–Kier alpha value is -0.900. The molecule has 5 fully saturated rings. The SMILES string of the molecule is CC[C@@H]1C2C[C@H](O)CC[C@]2(C)[C@H]2CC[C@]3(C)[C@@H]([C@H](C)CCNC(=O)NS(=O)(=O)N4[C@H](C)CCC[C@@H]4C)CC[C@H]3[C@@H]2[C@@H]1O. The van der Waals surface area contributed by atoms with Crippen LogP contribution in [-0.2, 0) is 10.2 Å². The maximum absolute atomic E-state index is 13.0. The van der Waals surface area contributed by atoms with E-state index in [-0.39, 0.29) is 41.0 Å². The largest absolute Gasteiger partial charge is 0.393 e. The topological polar surface area (TPSA) is 119 Å². The van der Waals surface area contributed by atoms with Gasteiger partial charge in [0.25, 0.3) is 0 Å². The number of aliphatic hydroxyl groups excluding tert-OH is 2. The molecule has 4 N–H and O–H groups in total. The van der Waals surface area contributed by atoms with Gasteiger partial charge in [0.2, 0.25) is 0 Å². The summed E-state index contributed by atoms with van der Waals surface area (Å²) in [6, 6.07) is -0.864. The molecule has 8 nitrogen and oxygen atoms in total. The third-order valence-electron chi connectivity index (χ3n) is 13.6. The van der Waals surface area contributed by atoms with Crippen LogP contribution in [0.15, 0.2) is 0 Å². The van der Waals surface area contributed by atoms with Gasteiger partial charge in [0.15, 0.2) is 0 Å². The summed E-state index contributed by atoms with van der Waals surface area (Å²) >= 11 is 0. The van der Waals surface area contributed by atoms with Crippen molar-refractivity contribution in [3.05, 3.63) is 0 Å². The molecule has 5 rings (SSSR count). The molecule has 1 saturated heterocycles. The van der Waals surface area contributed by atoms with Crippen LogP contribution in [0.3, 0.4) is 0 Å².